The van der Waals surface area contributed by atoms with Crippen LogP contribution >= 0.6 is 11.8 Å². The minimum atomic E-state index is -0.0452. The van der Waals surface area contributed by atoms with Crippen molar-refractivity contribution in [2.24, 2.45) is 13.0 Å². The van der Waals surface area contributed by atoms with Crippen molar-refractivity contribution in [3.05, 3.63) is 65.4 Å². The van der Waals surface area contributed by atoms with Crippen LogP contribution in [-0.2, 0) is 13.6 Å². The molecule has 0 radical (unpaired) electrons. The van der Waals surface area contributed by atoms with Crippen molar-refractivity contribution < 1.29 is 9.53 Å². The van der Waals surface area contributed by atoms with E-state index in [1.807, 2.05) is 72.0 Å². The zero-order chi connectivity index (χ0) is 24.4. The van der Waals surface area contributed by atoms with E-state index in [1.54, 1.807) is 4.68 Å². The maximum absolute atomic E-state index is 13.7. The number of piperidine rings is 1. The number of amides is 1. The number of benzene rings is 2. The van der Waals surface area contributed by atoms with Gasteiger partial charge in [-0.3, -0.25) is 9.48 Å². The second kappa shape index (κ2) is 10.3. The van der Waals surface area contributed by atoms with E-state index in [0.29, 0.717) is 18.7 Å². The van der Waals surface area contributed by atoms with Crippen LogP contribution in [0.4, 0.5) is 17.2 Å². The van der Waals surface area contributed by atoms with Crippen LogP contribution in [0.5, 0.6) is 5.75 Å². The van der Waals surface area contributed by atoms with Gasteiger partial charge in [0.15, 0.2) is 0 Å². The number of para-hydroxylation sites is 2. The SMILES string of the molecule is Cc1cc(C(=O)N2Cc3cnn(C)c3Nc3ccccc32)ccc1OCCCC1CCN(Cl)CC1. The molecule has 2 aliphatic rings. The fraction of sp³-hybridized carbons (Fsp3) is 0.407. The average molecular weight is 494 g/mol. The van der Waals surface area contributed by atoms with Crippen LogP contribution in [0.25, 0.3) is 0 Å². The van der Waals surface area contributed by atoms with E-state index in [1.165, 1.54) is 6.42 Å². The Kier molecular flexibility index (Phi) is 6.97. The van der Waals surface area contributed by atoms with Crippen LogP contribution in [0.3, 0.4) is 0 Å². The summed E-state index contributed by atoms with van der Waals surface area (Å²) in [6.45, 7) is 5.08. The standard InChI is InChI=1S/C27H32ClN5O2/c1-19-16-21(9-10-25(19)35-15-5-6-20-11-13-32(28)14-12-20)27(34)33-18-22-17-29-31(2)26(22)30-23-7-3-4-8-24(23)33/h3-4,7-10,16-17,20,30H,5-6,11-15,18H2,1-2H3. The Labute approximate surface area is 211 Å². The fourth-order valence-corrected chi connectivity index (χ4v) is 5.18. The minimum absolute atomic E-state index is 0.0452. The molecule has 1 N–H and O–H groups in total. The number of nitrogens with one attached hydrogen (secondary N) is 1. The first-order chi connectivity index (χ1) is 17.0. The van der Waals surface area contributed by atoms with Gasteiger partial charge < -0.3 is 15.0 Å². The number of nitrogens with zero attached hydrogens (tertiary/aromatic N) is 4. The van der Waals surface area contributed by atoms with Gasteiger partial charge in [0, 0.05) is 31.3 Å². The highest BCUT2D eigenvalue weighted by molar-refractivity contribution is 6.13. The number of carbonyl (C=O) groups excluding carboxylic acids is 1. The monoisotopic (exact) mass is 493 g/mol. The number of hydrogen-bond donors (Lipinski definition) is 1. The molecule has 0 saturated carbocycles. The van der Waals surface area contributed by atoms with E-state index >= 15 is 0 Å². The van der Waals surface area contributed by atoms with Crippen molar-refractivity contribution in [1.82, 2.24) is 14.2 Å². The van der Waals surface area contributed by atoms with Gasteiger partial charge in [-0.15, -0.1) is 0 Å². The van der Waals surface area contributed by atoms with Crippen molar-refractivity contribution in [1.29, 1.82) is 0 Å². The molecule has 0 spiro atoms. The molecule has 5 rings (SSSR count). The van der Waals surface area contributed by atoms with Gasteiger partial charge in [-0.05, 0) is 86.2 Å². The summed E-state index contributed by atoms with van der Waals surface area (Å²) >= 11 is 6.06. The van der Waals surface area contributed by atoms with Crippen molar-refractivity contribution >= 4 is 34.9 Å². The van der Waals surface area contributed by atoms with Crippen LogP contribution in [0, 0.1) is 12.8 Å². The summed E-state index contributed by atoms with van der Waals surface area (Å²) in [5.41, 5.74) is 4.33. The largest absolute Gasteiger partial charge is 0.493 e. The maximum atomic E-state index is 13.7. The van der Waals surface area contributed by atoms with Gasteiger partial charge in [-0.2, -0.15) is 5.10 Å². The van der Waals surface area contributed by atoms with Crippen molar-refractivity contribution in [2.45, 2.75) is 39.2 Å². The first-order valence-electron chi connectivity index (χ1n) is 12.3. The Hall–Kier alpha value is -3.03. The summed E-state index contributed by atoms with van der Waals surface area (Å²) in [6.07, 6.45) is 6.33. The highest BCUT2D eigenvalue weighted by Crippen LogP contribution is 2.36. The van der Waals surface area contributed by atoms with Gasteiger partial charge in [-0.25, -0.2) is 4.42 Å². The first kappa shape index (κ1) is 23.7. The smallest absolute Gasteiger partial charge is 0.258 e. The van der Waals surface area contributed by atoms with E-state index in [2.05, 4.69) is 10.4 Å². The molecule has 1 saturated heterocycles. The van der Waals surface area contributed by atoms with Gasteiger partial charge in [0.25, 0.3) is 5.91 Å². The van der Waals surface area contributed by atoms with E-state index < -0.39 is 0 Å². The molecule has 1 fully saturated rings. The van der Waals surface area contributed by atoms with E-state index in [0.717, 1.165) is 72.3 Å². The lowest BCUT2D eigenvalue weighted by Crippen LogP contribution is -2.30. The van der Waals surface area contributed by atoms with Crippen LogP contribution in [0.2, 0.25) is 0 Å². The Morgan fingerprint density at radius 2 is 2.00 bits per heavy atom. The van der Waals surface area contributed by atoms with Gasteiger partial charge in [0.1, 0.15) is 11.6 Å². The molecule has 8 heteroatoms. The number of aryl methyl sites for hydroxylation is 2. The molecule has 3 heterocycles. The van der Waals surface area contributed by atoms with Crippen molar-refractivity contribution in [3.8, 4) is 5.75 Å². The highest BCUT2D eigenvalue weighted by atomic mass is 35.5. The predicted octanol–water partition coefficient (Wildman–Crippen LogP) is 5.66. The zero-order valence-corrected chi connectivity index (χ0v) is 21.1. The zero-order valence-electron chi connectivity index (χ0n) is 20.3. The fourth-order valence-electron chi connectivity index (χ4n) is 4.98. The number of ether oxygens (including phenoxy) is 1. The van der Waals surface area contributed by atoms with Crippen LogP contribution in [0.1, 0.15) is 47.2 Å². The first-order valence-corrected chi connectivity index (χ1v) is 12.7. The second-order valence-corrected chi connectivity index (χ2v) is 9.98. The molecular weight excluding hydrogens is 462 g/mol. The Morgan fingerprint density at radius 3 is 2.80 bits per heavy atom. The lowest BCUT2D eigenvalue weighted by Gasteiger charge is -2.26. The number of fused-ring (bicyclic) bond motifs is 2. The van der Waals surface area contributed by atoms with Crippen molar-refractivity contribution in [3.63, 3.8) is 0 Å². The van der Waals surface area contributed by atoms with Crippen LogP contribution in [-0.4, -0.2) is 39.8 Å². The lowest BCUT2D eigenvalue weighted by atomic mass is 9.93. The molecule has 0 aliphatic carbocycles. The van der Waals surface area contributed by atoms with Crippen LogP contribution < -0.4 is 15.0 Å². The number of aromatic nitrogens is 2. The van der Waals surface area contributed by atoms with Gasteiger partial charge in [-0.1, -0.05) is 12.1 Å². The molecule has 184 valence electrons. The number of hydrogen-bond acceptors (Lipinski definition) is 5. The highest BCUT2D eigenvalue weighted by Gasteiger charge is 2.27. The Morgan fingerprint density at radius 1 is 1.20 bits per heavy atom. The maximum Gasteiger partial charge on any atom is 0.258 e. The van der Waals surface area contributed by atoms with Crippen LogP contribution in [0.15, 0.2) is 48.7 Å². The summed E-state index contributed by atoms with van der Waals surface area (Å²) < 4.78 is 9.76. The molecule has 3 aromatic rings. The molecule has 0 atom stereocenters. The Bertz CT molecular complexity index is 1200. The summed E-state index contributed by atoms with van der Waals surface area (Å²) in [7, 11) is 1.90. The Balaban J connectivity index is 1.26. The average Bonchev–Trinajstić information content (AvgIpc) is 3.11. The lowest BCUT2D eigenvalue weighted by molar-refractivity contribution is 0.0985. The molecule has 35 heavy (non-hydrogen) atoms. The molecule has 2 aliphatic heterocycles. The van der Waals surface area contributed by atoms with Crippen molar-refractivity contribution in [2.75, 3.05) is 29.9 Å². The number of carbonyl (C=O) groups is 1. The summed E-state index contributed by atoms with van der Waals surface area (Å²) in [4.78, 5) is 15.5. The molecular formula is C27H32ClN5O2. The third kappa shape index (κ3) is 5.16. The normalized spacial score (nSPS) is 16.3. The second-order valence-electron chi connectivity index (χ2n) is 9.50. The van der Waals surface area contributed by atoms with E-state index in [-0.39, 0.29) is 5.91 Å². The third-order valence-corrected chi connectivity index (χ3v) is 7.37. The summed E-state index contributed by atoms with van der Waals surface area (Å²) in [5.74, 6) is 2.43. The topological polar surface area (TPSA) is 62.6 Å². The van der Waals surface area contributed by atoms with Gasteiger partial charge in [0.2, 0.25) is 0 Å². The number of rotatable bonds is 6. The van der Waals surface area contributed by atoms with Gasteiger partial charge >= 0.3 is 0 Å². The summed E-state index contributed by atoms with van der Waals surface area (Å²) in [6, 6.07) is 13.6. The summed E-state index contributed by atoms with van der Waals surface area (Å²) in [5, 5.41) is 7.81. The minimum Gasteiger partial charge on any atom is -0.493 e. The molecule has 0 bridgehead atoms. The van der Waals surface area contributed by atoms with E-state index in [9.17, 15) is 4.79 Å². The molecule has 0 unspecified atom stereocenters. The predicted molar refractivity (Wildman–Crippen MR) is 140 cm³/mol. The molecule has 7 nitrogen and oxygen atoms in total. The molecule has 2 aromatic carbocycles. The number of halogens is 1. The molecule has 1 aromatic heterocycles. The quantitative estimate of drug-likeness (QED) is 0.354. The van der Waals surface area contributed by atoms with E-state index in [4.69, 9.17) is 16.5 Å². The molecule has 1 amide bonds. The number of anilines is 3. The van der Waals surface area contributed by atoms with Gasteiger partial charge in [0.05, 0.1) is 30.7 Å². The third-order valence-electron chi connectivity index (χ3n) is 7.03.